The average Bonchev–Trinajstić information content (AvgIpc) is 3.05. The summed E-state index contributed by atoms with van der Waals surface area (Å²) < 4.78 is 14.3. The average molecular weight is 425 g/mol. The van der Waals surface area contributed by atoms with Gasteiger partial charge in [0.1, 0.15) is 0 Å². The van der Waals surface area contributed by atoms with Crippen molar-refractivity contribution in [2.45, 2.75) is 59.3 Å². The number of hydrogen-bond acceptors (Lipinski definition) is 4. The third-order valence-corrected chi connectivity index (χ3v) is 5.52. The van der Waals surface area contributed by atoms with Gasteiger partial charge in [-0.25, -0.2) is 0 Å². The van der Waals surface area contributed by atoms with Crippen LogP contribution in [0.1, 0.15) is 45.2 Å². The van der Waals surface area contributed by atoms with Crippen molar-refractivity contribution in [3.8, 4) is 11.1 Å². The smallest absolute Gasteiger partial charge is 0.270 e. The summed E-state index contributed by atoms with van der Waals surface area (Å²) in [7, 11) is 0. The molecule has 166 valence electrons. The fourth-order valence-electron chi connectivity index (χ4n) is 3.81. The molecule has 0 aliphatic rings. The third kappa shape index (κ3) is 5.51. The summed E-state index contributed by atoms with van der Waals surface area (Å²) in [6, 6.07) is 15.1. The first-order valence-corrected chi connectivity index (χ1v) is 11.1. The number of hydrogen-bond donors (Lipinski definition) is 0. The van der Waals surface area contributed by atoms with Crippen LogP contribution in [0.3, 0.4) is 0 Å². The van der Waals surface area contributed by atoms with E-state index in [0.29, 0.717) is 19.8 Å². The van der Waals surface area contributed by atoms with Crippen molar-refractivity contribution < 1.29 is 14.4 Å². The van der Waals surface area contributed by atoms with Crippen LogP contribution in [0.15, 0.2) is 48.5 Å². The molecule has 0 aliphatic carbocycles. The van der Waals surface area contributed by atoms with Crippen LogP contribution in [0.25, 0.3) is 22.0 Å². The zero-order valence-electron chi connectivity index (χ0n) is 18.7. The number of benzene rings is 2. The first-order valence-electron chi connectivity index (χ1n) is 11.1. The lowest BCUT2D eigenvalue weighted by Gasteiger charge is -2.21. The second kappa shape index (κ2) is 11.1. The van der Waals surface area contributed by atoms with Gasteiger partial charge >= 0.3 is 0 Å². The van der Waals surface area contributed by atoms with Crippen molar-refractivity contribution in [3.63, 3.8) is 0 Å². The van der Waals surface area contributed by atoms with Gasteiger partial charge in [-0.2, -0.15) is 0 Å². The molecule has 6 nitrogen and oxygen atoms in total. The van der Waals surface area contributed by atoms with Crippen molar-refractivity contribution in [3.05, 3.63) is 64.3 Å². The third-order valence-electron chi connectivity index (χ3n) is 5.52. The van der Waals surface area contributed by atoms with E-state index >= 15 is 0 Å². The van der Waals surface area contributed by atoms with E-state index < -0.39 is 0 Å². The van der Waals surface area contributed by atoms with Crippen LogP contribution >= 0.6 is 0 Å². The fourth-order valence-corrected chi connectivity index (χ4v) is 3.81. The lowest BCUT2D eigenvalue weighted by Crippen LogP contribution is -2.25. The highest BCUT2D eigenvalue weighted by atomic mass is 16.7. The topological polar surface area (TPSA) is 66.5 Å². The summed E-state index contributed by atoms with van der Waals surface area (Å²) in [5, 5.41) is 12.3. The van der Waals surface area contributed by atoms with Gasteiger partial charge in [0.05, 0.1) is 11.5 Å². The highest BCUT2D eigenvalue weighted by Gasteiger charge is 2.21. The van der Waals surface area contributed by atoms with E-state index in [0.717, 1.165) is 53.4 Å². The van der Waals surface area contributed by atoms with Gasteiger partial charge in [-0.05, 0) is 31.4 Å². The van der Waals surface area contributed by atoms with Gasteiger partial charge in [-0.3, -0.25) is 10.1 Å². The van der Waals surface area contributed by atoms with E-state index in [2.05, 4.69) is 25.3 Å². The molecule has 2 aromatic carbocycles. The van der Waals surface area contributed by atoms with Gasteiger partial charge in [-0.1, -0.05) is 57.0 Å². The van der Waals surface area contributed by atoms with E-state index in [1.165, 1.54) is 0 Å². The van der Waals surface area contributed by atoms with Crippen LogP contribution in [0.2, 0.25) is 0 Å². The quantitative estimate of drug-likeness (QED) is 0.144. The highest BCUT2D eigenvalue weighted by Crippen LogP contribution is 2.36. The molecule has 3 aromatic rings. The molecule has 0 atom stereocenters. The van der Waals surface area contributed by atoms with E-state index in [1.54, 1.807) is 12.1 Å². The fraction of sp³-hybridized carbons (Fsp3) is 0.440. The Hall–Kier alpha value is -2.70. The van der Waals surface area contributed by atoms with Gasteiger partial charge in [0.2, 0.25) is 0 Å². The largest absolute Gasteiger partial charge is 0.351 e. The minimum Gasteiger partial charge on any atom is -0.351 e. The molecule has 0 saturated heterocycles. The van der Waals surface area contributed by atoms with Crippen LogP contribution < -0.4 is 0 Å². The molecule has 0 bridgehead atoms. The molecule has 0 saturated carbocycles. The molecule has 3 rings (SSSR count). The maximum absolute atomic E-state index is 11.4. The molecular weight excluding hydrogens is 392 g/mol. The molecule has 0 unspecified atom stereocenters. The standard InChI is InChI=1S/C25H32N2O4/c1-4-6-15-30-24(31-16-7-5-2)18-26-19(3)25(20-11-9-8-10-12-20)22-17-21(27(28)29)13-14-23(22)26/h8-14,17,24H,4-7,15-16,18H2,1-3H3. The lowest BCUT2D eigenvalue weighted by molar-refractivity contribution is -0.384. The summed E-state index contributed by atoms with van der Waals surface area (Å²) in [5.74, 6) is 0. The summed E-state index contributed by atoms with van der Waals surface area (Å²) in [4.78, 5) is 11.1. The summed E-state index contributed by atoms with van der Waals surface area (Å²) in [5.41, 5.74) is 4.14. The van der Waals surface area contributed by atoms with Gasteiger partial charge in [0, 0.05) is 47.5 Å². The normalized spacial score (nSPS) is 11.5. The van der Waals surface area contributed by atoms with Crippen molar-refractivity contribution >= 4 is 16.6 Å². The highest BCUT2D eigenvalue weighted by molar-refractivity contribution is 5.99. The molecule has 0 amide bonds. The summed E-state index contributed by atoms with van der Waals surface area (Å²) in [6.45, 7) is 8.19. The molecule has 6 heteroatoms. The van der Waals surface area contributed by atoms with Crippen LogP contribution in [-0.2, 0) is 16.0 Å². The molecule has 31 heavy (non-hydrogen) atoms. The van der Waals surface area contributed by atoms with Crippen molar-refractivity contribution in [1.82, 2.24) is 4.57 Å². The zero-order chi connectivity index (χ0) is 22.2. The maximum Gasteiger partial charge on any atom is 0.270 e. The molecule has 0 spiro atoms. The number of non-ortho nitro benzene ring substituents is 1. The second-order valence-electron chi connectivity index (χ2n) is 7.77. The Morgan fingerprint density at radius 3 is 2.23 bits per heavy atom. The van der Waals surface area contributed by atoms with Gasteiger partial charge in [0.15, 0.2) is 6.29 Å². The Labute approximate surface area is 183 Å². The Balaban J connectivity index is 2.03. The number of nitro benzene ring substituents is 1. The summed E-state index contributed by atoms with van der Waals surface area (Å²) in [6.07, 6.45) is 3.75. The number of nitro groups is 1. The number of nitrogens with zero attached hydrogens (tertiary/aromatic N) is 2. The molecule has 0 aliphatic heterocycles. The van der Waals surface area contributed by atoms with Crippen LogP contribution in [-0.4, -0.2) is 29.0 Å². The predicted octanol–water partition coefficient (Wildman–Crippen LogP) is 6.48. The molecule has 1 heterocycles. The SMILES string of the molecule is CCCCOC(Cn1c(C)c(-c2ccccc2)c2cc([N+](=O)[O-])ccc21)OCCCC. The molecular formula is C25H32N2O4. The van der Waals surface area contributed by atoms with E-state index in [1.807, 2.05) is 36.4 Å². The van der Waals surface area contributed by atoms with Gasteiger partial charge in [0.25, 0.3) is 5.69 Å². The first-order chi connectivity index (χ1) is 15.1. The van der Waals surface area contributed by atoms with Crippen molar-refractivity contribution in [2.75, 3.05) is 13.2 Å². The van der Waals surface area contributed by atoms with E-state index in [4.69, 9.17) is 9.47 Å². The molecule has 1 aromatic heterocycles. The van der Waals surface area contributed by atoms with Crippen molar-refractivity contribution in [1.29, 1.82) is 0 Å². The lowest BCUT2D eigenvalue weighted by atomic mass is 10.0. The van der Waals surface area contributed by atoms with E-state index in [9.17, 15) is 10.1 Å². The second-order valence-corrected chi connectivity index (χ2v) is 7.77. The Kier molecular flexibility index (Phi) is 8.20. The Bertz CT molecular complexity index is 988. The van der Waals surface area contributed by atoms with Crippen molar-refractivity contribution in [2.24, 2.45) is 0 Å². The van der Waals surface area contributed by atoms with Gasteiger partial charge in [-0.15, -0.1) is 0 Å². The molecule has 0 radical (unpaired) electrons. The minimum atomic E-state index is -0.355. The zero-order valence-corrected chi connectivity index (χ0v) is 18.7. The number of unbranched alkanes of at least 4 members (excludes halogenated alkanes) is 2. The minimum absolute atomic E-state index is 0.0942. The maximum atomic E-state index is 11.4. The van der Waals surface area contributed by atoms with Crippen LogP contribution in [0.5, 0.6) is 0 Å². The monoisotopic (exact) mass is 424 g/mol. The van der Waals surface area contributed by atoms with Crippen LogP contribution in [0.4, 0.5) is 5.69 Å². The summed E-state index contributed by atoms with van der Waals surface area (Å²) >= 11 is 0. The number of rotatable bonds is 12. The number of ether oxygens (including phenoxy) is 2. The van der Waals surface area contributed by atoms with Gasteiger partial charge < -0.3 is 14.0 Å². The Morgan fingerprint density at radius 1 is 1.00 bits per heavy atom. The number of aromatic nitrogens is 1. The molecule has 0 N–H and O–H groups in total. The molecule has 0 fully saturated rings. The van der Waals surface area contributed by atoms with E-state index in [-0.39, 0.29) is 16.9 Å². The number of fused-ring (bicyclic) bond motifs is 1. The Morgan fingerprint density at radius 2 is 1.65 bits per heavy atom. The van der Waals surface area contributed by atoms with Crippen LogP contribution in [0, 0.1) is 17.0 Å². The first kappa shape index (κ1) is 23.0. The predicted molar refractivity (Wildman–Crippen MR) is 124 cm³/mol.